The van der Waals surface area contributed by atoms with E-state index in [1.807, 2.05) is 48.7 Å². The van der Waals surface area contributed by atoms with E-state index >= 15 is 0 Å². The third-order valence-corrected chi connectivity index (χ3v) is 5.43. The molecule has 3 heterocycles. The van der Waals surface area contributed by atoms with E-state index in [0.717, 1.165) is 16.1 Å². The van der Waals surface area contributed by atoms with Crippen LogP contribution in [0.15, 0.2) is 54.4 Å². The quantitative estimate of drug-likeness (QED) is 0.476. The number of carbonyl (C=O) groups excluding carboxylic acids is 1. The number of aromatic amines is 1. The first-order chi connectivity index (χ1) is 13.6. The standard InChI is InChI=1S/C18H17N7OS2/c1-12(13-4-6-14(7-5-13)25-11-19-10-20-25)21-16(26)9-24-17(22-23-18(24)27)15-3-2-8-28-15/h2-8,10-12H,9H2,1H3,(H,21,26)(H,23,27). The minimum atomic E-state index is -0.149. The van der Waals surface area contributed by atoms with Crippen LogP contribution in [0.4, 0.5) is 0 Å². The Kier molecular flexibility index (Phi) is 5.13. The lowest BCUT2D eigenvalue weighted by Crippen LogP contribution is -2.30. The molecule has 2 N–H and O–H groups in total. The molecule has 0 saturated carbocycles. The summed E-state index contributed by atoms with van der Waals surface area (Å²) in [6.45, 7) is 2.04. The molecule has 8 nitrogen and oxygen atoms in total. The molecule has 0 aliphatic rings. The van der Waals surface area contributed by atoms with Gasteiger partial charge in [-0.3, -0.25) is 14.5 Å². The van der Waals surface area contributed by atoms with Gasteiger partial charge in [-0.2, -0.15) is 10.2 Å². The fourth-order valence-electron chi connectivity index (χ4n) is 2.83. The zero-order valence-corrected chi connectivity index (χ0v) is 16.6. The highest BCUT2D eigenvalue weighted by atomic mass is 32.1. The number of nitrogens with zero attached hydrogens (tertiary/aromatic N) is 5. The van der Waals surface area contributed by atoms with Gasteiger partial charge < -0.3 is 5.32 Å². The van der Waals surface area contributed by atoms with Crippen LogP contribution in [-0.4, -0.2) is 35.4 Å². The third kappa shape index (κ3) is 3.78. The average Bonchev–Trinajstić information content (AvgIpc) is 3.45. The Morgan fingerprint density at radius 2 is 2.14 bits per heavy atom. The lowest BCUT2D eigenvalue weighted by Gasteiger charge is -2.15. The number of thiophene rings is 1. The van der Waals surface area contributed by atoms with Crippen LogP contribution >= 0.6 is 23.6 Å². The smallest absolute Gasteiger partial charge is 0.240 e. The van der Waals surface area contributed by atoms with Gasteiger partial charge in [-0.1, -0.05) is 18.2 Å². The minimum Gasteiger partial charge on any atom is -0.348 e. The highest BCUT2D eigenvalue weighted by Crippen LogP contribution is 2.23. The predicted octanol–water partition coefficient (Wildman–Crippen LogP) is 3.13. The van der Waals surface area contributed by atoms with Crippen molar-refractivity contribution in [3.05, 3.63) is 64.8 Å². The number of H-pyrrole nitrogens is 1. The zero-order chi connectivity index (χ0) is 19.5. The molecule has 0 fully saturated rings. The maximum absolute atomic E-state index is 12.6. The molecule has 0 aliphatic carbocycles. The Labute approximate surface area is 169 Å². The Hall–Kier alpha value is -3.11. The van der Waals surface area contributed by atoms with Crippen LogP contribution in [0.3, 0.4) is 0 Å². The number of hydrogen-bond donors (Lipinski definition) is 2. The fraction of sp³-hybridized carbons (Fsp3) is 0.167. The lowest BCUT2D eigenvalue weighted by molar-refractivity contribution is -0.122. The van der Waals surface area contributed by atoms with Gasteiger partial charge in [-0.05, 0) is 48.3 Å². The number of amides is 1. The van der Waals surface area contributed by atoms with Crippen molar-refractivity contribution < 1.29 is 4.79 Å². The number of aromatic nitrogens is 6. The number of rotatable bonds is 6. The van der Waals surface area contributed by atoms with Crippen LogP contribution in [0.2, 0.25) is 0 Å². The molecule has 1 aromatic carbocycles. The molecular weight excluding hydrogens is 394 g/mol. The maximum atomic E-state index is 12.6. The summed E-state index contributed by atoms with van der Waals surface area (Å²) in [7, 11) is 0. The second-order valence-corrected chi connectivity index (χ2v) is 7.47. The highest BCUT2D eigenvalue weighted by molar-refractivity contribution is 7.71. The molecule has 0 bridgehead atoms. The SMILES string of the molecule is CC(NC(=O)Cn1c(-c2cccs2)n[nH]c1=S)c1ccc(-n2cncn2)cc1. The van der Waals surface area contributed by atoms with Gasteiger partial charge in [0.25, 0.3) is 0 Å². The van der Waals surface area contributed by atoms with Crippen LogP contribution in [-0.2, 0) is 11.3 Å². The minimum absolute atomic E-state index is 0.101. The second kappa shape index (κ2) is 7.87. The van der Waals surface area contributed by atoms with E-state index in [2.05, 4.69) is 25.6 Å². The van der Waals surface area contributed by atoms with Gasteiger partial charge >= 0.3 is 0 Å². The van der Waals surface area contributed by atoms with Crippen molar-refractivity contribution in [2.24, 2.45) is 0 Å². The van der Waals surface area contributed by atoms with Crippen LogP contribution in [0.1, 0.15) is 18.5 Å². The molecule has 0 aliphatic heterocycles. The molecule has 1 amide bonds. The van der Waals surface area contributed by atoms with Crippen molar-refractivity contribution in [3.63, 3.8) is 0 Å². The summed E-state index contributed by atoms with van der Waals surface area (Å²) in [6, 6.07) is 11.5. The van der Waals surface area contributed by atoms with Crippen molar-refractivity contribution >= 4 is 29.5 Å². The Bertz CT molecular complexity index is 1110. The van der Waals surface area contributed by atoms with Crippen LogP contribution in [0.5, 0.6) is 0 Å². The first kappa shape index (κ1) is 18.3. The second-order valence-electron chi connectivity index (χ2n) is 6.14. The van der Waals surface area contributed by atoms with Gasteiger partial charge in [0.15, 0.2) is 10.6 Å². The molecule has 142 valence electrons. The van der Waals surface area contributed by atoms with Crippen molar-refractivity contribution in [1.29, 1.82) is 0 Å². The summed E-state index contributed by atoms with van der Waals surface area (Å²) < 4.78 is 3.81. The van der Waals surface area contributed by atoms with Gasteiger partial charge in [0.1, 0.15) is 19.2 Å². The Balaban J connectivity index is 1.44. The summed E-state index contributed by atoms with van der Waals surface area (Å²) in [4.78, 5) is 17.5. The van der Waals surface area contributed by atoms with Crippen molar-refractivity contribution in [1.82, 2.24) is 34.8 Å². The van der Waals surface area contributed by atoms with Crippen LogP contribution in [0, 0.1) is 4.77 Å². The molecule has 3 aromatic heterocycles. The maximum Gasteiger partial charge on any atom is 0.240 e. The summed E-state index contributed by atoms with van der Waals surface area (Å²) in [5, 5.41) is 16.1. The number of benzene rings is 1. The van der Waals surface area contributed by atoms with E-state index in [0.29, 0.717) is 10.6 Å². The van der Waals surface area contributed by atoms with E-state index in [1.54, 1.807) is 26.9 Å². The fourth-order valence-corrected chi connectivity index (χ4v) is 3.75. The molecule has 28 heavy (non-hydrogen) atoms. The summed E-state index contributed by atoms with van der Waals surface area (Å²) in [5.41, 5.74) is 1.90. The van der Waals surface area contributed by atoms with Crippen molar-refractivity contribution in [3.8, 4) is 16.4 Å². The number of nitrogens with one attached hydrogen (secondary N) is 2. The first-order valence-corrected chi connectivity index (χ1v) is 9.84. The largest absolute Gasteiger partial charge is 0.348 e. The number of carbonyl (C=O) groups is 1. The van der Waals surface area contributed by atoms with E-state index < -0.39 is 0 Å². The first-order valence-electron chi connectivity index (χ1n) is 8.55. The number of hydrogen-bond acceptors (Lipinski definition) is 6. The highest BCUT2D eigenvalue weighted by Gasteiger charge is 2.15. The van der Waals surface area contributed by atoms with E-state index in [4.69, 9.17) is 12.2 Å². The lowest BCUT2D eigenvalue weighted by atomic mass is 10.1. The molecule has 0 spiro atoms. The molecule has 10 heteroatoms. The third-order valence-electron chi connectivity index (χ3n) is 4.26. The summed E-state index contributed by atoms with van der Waals surface area (Å²) in [5.74, 6) is 0.531. The van der Waals surface area contributed by atoms with E-state index in [-0.39, 0.29) is 18.5 Å². The molecule has 4 rings (SSSR count). The summed E-state index contributed by atoms with van der Waals surface area (Å²) in [6.07, 6.45) is 3.13. The molecular formula is C18H17N7OS2. The van der Waals surface area contributed by atoms with Gasteiger partial charge in [0.2, 0.25) is 5.91 Å². The Morgan fingerprint density at radius 1 is 1.32 bits per heavy atom. The van der Waals surface area contributed by atoms with Crippen molar-refractivity contribution in [2.45, 2.75) is 19.5 Å². The van der Waals surface area contributed by atoms with E-state index in [1.165, 1.54) is 6.33 Å². The Morgan fingerprint density at radius 3 is 2.82 bits per heavy atom. The summed E-state index contributed by atoms with van der Waals surface area (Å²) >= 11 is 6.83. The van der Waals surface area contributed by atoms with Gasteiger partial charge in [-0.25, -0.2) is 9.67 Å². The normalized spacial score (nSPS) is 12.0. The average molecular weight is 412 g/mol. The molecule has 1 unspecified atom stereocenters. The predicted molar refractivity (Wildman–Crippen MR) is 109 cm³/mol. The van der Waals surface area contributed by atoms with Crippen molar-refractivity contribution in [2.75, 3.05) is 0 Å². The molecule has 0 radical (unpaired) electrons. The van der Waals surface area contributed by atoms with Crippen LogP contribution < -0.4 is 5.32 Å². The van der Waals surface area contributed by atoms with E-state index in [9.17, 15) is 4.79 Å². The monoisotopic (exact) mass is 411 g/mol. The molecule has 0 saturated heterocycles. The molecule has 4 aromatic rings. The topological polar surface area (TPSA) is 93.4 Å². The van der Waals surface area contributed by atoms with Gasteiger partial charge in [-0.15, -0.1) is 11.3 Å². The van der Waals surface area contributed by atoms with Gasteiger partial charge in [0.05, 0.1) is 16.6 Å². The zero-order valence-electron chi connectivity index (χ0n) is 14.9. The van der Waals surface area contributed by atoms with Gasteiger partial charge in [0, 0.05) is 0 Å². The van der Waals surface area contributed by atoms with Crippen LogP contribution in [0.25, 0.3) is 16.4 Å². The molecule has 1 atom stereocenters.